The molecule has 4 heterocycles. The van der Waals surface area contributed by atoms with Crippen LogP contribution >= 0.6 is 0 Å². The minimum Gasteiger partial charge on any atom is -0.455 e. The van der Waals surface area contributed by atoms with Crippen molar-refractivity contribution in [1.29, 1.82) is 0 Å². The Morgan fingerprint density at radius 3 is 1.98 bits per heavy atom. The van der Waals surface area contributed by atoms with E-state index in [4.69, 9.17) is 28.8 Å². The zero-order valence-electron chi connectivity index (χ0n) is 28.1. The Morgan fingerprint density at radius 2 is 1.11 bits per heavy atom. The molecule has 0 unspecified atom stereocenters. The molecule has 4 aromatic heterocycles. The lowest BCUT2D eigenvalue weighted by molar-refractivity contribution is 0.612. The molecule has 0 atom stereocenters. The molecule has 0 spiro atoms. The first-order valence-electron chi connectivity index (χ1n) is 17.5. The number of hydrogen-bond acceptors (Lipinski definition) is 6. The van der Waals surface area contributed by atoms with Gasteiger partial charge in [-0.3, -0.25) is 0 Å². The Labute approximate surface area is 302 Å². The number of benzene rings is 7. The average molecular weight is 682 g/mol. The van der Waals surface area contributed by atoms with Crippen LogP contribution in [0.3, 0.4) is 0 Å². The smallest absolute Gasteiger partial charge is 0.266 e. The third-order valence-corrected chi connectivity index (χ3v) is 9.91. The van der Waals surface area contributed by atoms with Crippen LogP contribution in [-0.4, -0.2) is 24.5 Å². The largest absolute Gasteiger partial charge is 0.455 e. The molecule has 53 heavy (non-hydrogen) atoms. The third-order valence-electron chi connectivity index (χ3n) is 9.91. The molecule has 11 aromatic rings. The first-order valence-corrected chi connectivity index (χ1v) is 17.5. The maximum absolute atomic E-state index is 6.76. The summed E-state index contributed by atoms with van der Waals surface area (Å²) < 4.78 is 15.2. The number of nitrogens with zero attached hydrogens (tertiary/aromatic N) is 5. The van der Waals surface area contributed by atoms with E-state index in [1.54, 1.807) is 0 Å². The monoisotopic (exact) mass is 681 g/mol. The van der Waals surface area contributed by atoms with E-state index >= 15 is 0 Å². The molecule has 0 radical (unpaired) electrons. The van der Waals surface area contributed by atoms with E-state index in [0.717, 1.165) is 49.7 Å². The molecule has 7 aromatic carbocycles. The summed E-state index contributed by atoms with van der Waals surface area (Å²) in [4.78, 5) is 19.4. The van der Waals surface area contributed by atoms with E-state index in [1.807, 2.05) is 72.8 Å². The number of aromatic nitrogens is 5. The van der Waals surface area contributed by atoms with Gasteiger partial charge in [0, 0.05) is 38.9 Å². The summed E-state index contributed by atoms with van der Waals surface area (Å²) in [6.07, 6.45) is 0. The van der Waals surface area contributed by atoms with E-state index in [1.165, 1.54) is 21.9 Å². The van der Waals surface area contributed by atoms with Crippen LogP contribution in [0.1, 0.15) is 0 Å². The summed E-state index contributed by atoms with van der Waals surface area (Å²) in [6, 6.07) is 55.8. The summed E-state index contributed by atoms with van der Waals surface area (Å²) in [7, 11) is 0. The molecule has 0 fully saturated rings. The van der Waals surface area contributed by atoms with Gasteiger partial charge in [0.1, 0.15) is 16.7 Å². The van der Waals surface area contributed by atoms with Crippen molar-refractivity contribution >= 4 is 54.8 Å². The van der Waals surface area contributed by atoms with Crippen LogP contribution < -0.4 is 0 Å². The molecule has 0 aliphatic carbocycles. The summed E-state index contributed by atoms with van der Waals surface area (Å²) >= 11 is 0. The van der Waals surface area contributed by atoms with Gasteiger partial charge in [-0.2, -0.15) is 0 Å². The number of para-hydroxylation sites is 4. The normalized spacial score (nSPS) is 11.8. The fraction of sp³-hybridized carbons (Fsp3) is 0. The average Bonchev–Trinajstić information content (AvgIpc) is 3.93. The van der Waals surface area contributed by atoms with Crippen LogP contribution in [0, 0.1) is 0 Å². The standard InChI is InChI=1S/C46H27N5O2/c1-3-12-28(13-4-1)30-22-25-39-36(26-30)32-16-7-9-20-38(32)51(39)31-23-24-33-34-17-11-18-35(42(34)52-41(33)27-31)44-48-43(29-14-5-2-6-15-29)49-45(50-44)46-47-37-19-8-10-21-40(37)53-46/h1-27H. The van der Waals surface area contributed by atoms with Gasteiger partial charge in [-0.1, -0.05) is 109 Å². The minimum atomic E-state index is 0.329. The summed E-state index contributed by atoms with van der Waals surface area (Å²) in [5.74, 6) is 1.67. The van der Waals surface area contributed by atoms with E-state index in [0.29, 0.717) is 34.5 Å². The Morgan fingerprint density at radius 1 is 0.396 bits per heavy atom. The van der Waals surface area contributed by atoms with Crippen LogP contribution in [0.25, 0.3) is 106 Å². The predicted molar refractivity (Wildman–Crippen MR) is 211 cm³/mol. The van der Waals surface area contributed by atoms with Crippen molar-refractivity contribution in [2.24, 2.45) is 0 Å². The lowest BCUT2D eigenvalue weighted by Crippen LogP contribution is -2.00. The SMILES string of the molecule is c1ccc(-c2ccc3c(c2)c2ccccc2n3-c2ccc3c(c2)oc2c(-c4nc(-c5ccccc5)nc(-c5nc6ccccc6o5)n4)cccc23)cc1. The van der Waals surface area contributed by atoms with Gasteiger partial charge < -0.3 is 13.4 Å². The second-order valence-electron chi connectivity index (χ2n) is 13.1. The fourth-order valence-corrected chi connectivity index (χ4v) is 7.44. The molecular formula is C46H27N5O2. The van der Waals surface area contributed by atoms with Crippen LogP contribution in [0.5, 0.6) is 0 Å². The van der Waals surface area contributed by atoms with Gasteiger partial charge in [0.15, 0.2) is 17.2 Å². The van der Waals surface area contributed by atoms with Crippen molar-refractivity contribution < 1.29 is 8.83 Å². The summed E-state index contributed by atoms with van der Waals surface area (Å²) in [6.45, 7) is 0. The molecule has 0 saturated carbocycles. The minimum absolute atomic E-state index is 0.329. The first kappa shape index (κ1) is 29.4. The maximum atomic E-state index is 6.76. The highest BCUT2D eigenvalue weighted by molar-refractivity contribution is 6.12. The van der Waals surface area contributed by atoms with Gasteiger partial charge >= 0.3 is 0 Å². The van der Waals surface area contributed by atoms with Crippen molar-refractivity contribution in [3.05, 3.63) is 164 Å². The highest BCUT2D eigenvalue weighted by Crippen LogP contribution is 2.39. The number of oxazole rings is 1. The van der Waals surface area contributed by atoms with Gasteiger partial charge in [-0.15, -0.1) is 0 Å². The molecule has 0 saturated heterocycles. The van der Waals surface area contributed by atoms with Crippen molar-refractivity contribution in [3.63, 3.8) is 0 Å². The van der Waals surface area contributed by atoms with E-state index in [9.17, 15) is 0 Å². The number of hydrogen-bond donors (Lipinski definition) is 0. The molecule has 0 bridgehead atoms. The first-order chi connectivity index (χ1) is 26.2. The van der Waals surface area contributed by atoms with Crippen molar-refractivity contribution in [1.82, 2.24) is 24.5 Å². The molecular weight excluding hydrogens is 655 g/mol. The van der Waals surface area contributed by atoms with Crippen molar-refractivity contribution in [2.45, 2.75) is 0 Å². The number of fused-ring (bicyclic) bond motifs is 7. The van der Waals surface area contributed by atoms with Crippen molar-refractivity contribution in [2.75, 3.05) is 0 Å². The lowest BCUT2D eigenvalue weighted by atomic mass is 10.0. The Hall–Kier alpha value is -7.38. The van der Waals surface area contributed by atoms with E-state index in [2.05, 4.69) is 95.6 Å². The van der Waals surface area contributed by atoms with Crippen LogP contribution in [0.4, 0.5) is 0 Å². The molecule has 0 aliphatic rings. The predicted octanol–water partition coefficient (Wildman–Crippen LogP) is 11.7. The zero-order valence-corrected chi connectivity index (χ0v) is 28.1. The Kier molecular flexibility index (Phi) is 6.42. The van der Waals surface area contributed by atoms with Gasteiger partial charge in [0.2, 0.25) is 5.82 Å². The van der Waals surface area contributed by atoms with Crippen LogP contribution in [0.2, 0.25) is 0 Å². The van der Waals surface area contributed by atoms with E-state index in [-0.39, 0.29) is 0 Å². The maximum Gasteiger partial charge on any atom is 0.266 e. The second kappa shape index (κ2) is 11.6. The molecule has 7 heteroatoms. The number of furan rings is 1. The van der Waals surface area contributed by atoms with Gasteiger partial charge in [0.25, 0.3) is 5.89 Å². The van der Waals surface area contributed by atoms with Gasteiger partial charge in [0.05, 0.1) is 16.6 Å². The highest BCUT2D eigenvalue weighted by atomic mass is 16.3. The molecule has 0 aliphatic heterocycles. The quantitative estimate of drug-likeness (QED) is 0.180. The lowest BCUT2D eigenvalue weighted by Gasteiger charge is -2.08. The number of rotatable bonds is 5. The molecule has 7 nitrogen and oxygen atoms in total. The van der Waals surface area contributed by atoms with Gasteiger partial charge in [-0.05, 0) is 59.7 Å². The fourth-order valence-electron chi connectivity index (χ4n) is 7.44. The highest BCUT2D eigenvalue weighted by Gasteiger charge is 2.21. The molecule has 0 amide bonds. The topological polar surface area (TPSA) is 82.8 Å². The Balaban J connectivity index is 1.08. The summed E-state index contributed by atoms with van der Waals surface area (Å²) in [5, 5.41) is 4.39. The van der Waals surface area contributed by atoms with Crippen LogP contribution in [-0.2, 0) is 0 Å². The Bertz CT molecular complexity index is 3150. The molecule has 11 rings (SSSR count). The molecule has 248 valence electrons. The zero-order chi connectivity index (χ0) is 34.9. The summed E-state index contributed by atoms with van der Waals surface area (Å²) in [5.41, 5.74) is 10.1. The molecule has 0 N–H and O–H groups in total. The van der Waals surface area contributed by atoms with Gasteiger partial charge in [-0.25, -0.2) is 19.9 Å². The van der Waals surface area contributed by atoms with Crippen molar-refractivity contribution in [3.8, 4) is 51.3 Å². The third kappa shape index (κ3) is 4.75. The van der Waals surface area contributed by atoms with Crippen LogP contribution in [0.15, 0.2) is 173 Å². The van der Waals surface area contributed by atoms with E-state index < -0.39 is 0 Å². The second-order valence-corrected chi connectivity index (χ2v) is 13.1.